The first-order valence-electron chi connectivity index (χ1n) is 9.19. The van der Waals surface area contributed by atoms with Crippen LogP contribution in [0.15, 0.2) is 35.5 Å². The lowest BCUT2D eigenvalue weighted by molar-refractivity contribution is -0.120. The van der Waals surface area contributed by atoms with Gasteiger partial charge in [0.15, 0.2) is 5.16 Å². The van der Waals surface area contributed by atoms with Crippen LogP contribution in [0, 0.1) is 0 Å². The SMILES string of the molecule is CC[C@@H](Sc1nnc(C2CC2)n1C1CC1)C(=O)NCc1ccccc1. The van der Waals surface area contributed by atoms with Crippen molar-refractivity contribution >= 4 is 17.7 Å². The number of thioether (sulfide) groups is 1. The van der Waals surface area contributed by atoms with Crippen LogP contribution < -0.4 is 5.32 Å². The Labute approximate surface area is 152 Å². The smallest absolute Gasteiger partial charge is 0.233 e. The van der Waals surface area contributed by atoms with E-state index in [0.29, 0.717) is 18.5 Å². The van der Waals surface area contributed by atoms with E-state index >= 15 is 0 Å². The molecule has 0 bridgehead atoms. The summed E-state index contributed by atoms with van der Waals surface area (Å²) in [5, 5.41) is 12.7. The number of nitrogens with zero attached hydrogens (tertiary/aromatic N) is 3. The highest BCUT2D eigenvalue weighted by molar-refractivity contribution is 8.00. The minimum Gasteiger partial charge on any atom is -0.351 e. The summed E-state index contributed by atoms with van der Waals surface area (Å²) in [6.07, 6.45) is 5.65. The molecule has 1 N–H and O–H groups in total. The number of carbonyl (C=O) groups is 1. The monoisotopic (exact) mass is 356 g/mol. The minimum atomic E-state index is -0.127. The molecular formula is C19H24N4OS. The first-order chi connectivity index (χ1) is 12.3. The van der Waals surface area contributed by atoms with Crippen molar-refractivity contribution in [1.82, 2.24) is 20.1 Å². The second-order valence-corrected chi connectivity index (χ2v) is 8.10. The second kappa shape index (κ2) is 7.20. The Hall–Kier alpha value is -1.82. The Morgan fingerprint density at radius 3 is 2.64 bits per heavy atom. The van der Waals surface area contributed by atoms with Gasteiger partial charge in [0, 0.05) is 18.5 Å². The molecule has 132 valence electrons. The van der Waals surface area contributed by atoms with E-state index in [1.807, 2.05) is 30.3 Å². The summed E-state index contributed by atoms with van der Waals surface area (Å²) in [5.74, 6) is 1.81. The van der Waals surface area contributed by atoms with Crippen molar-refractivity contribution in [3.63, 3.8) is 0 Å². The highest BCUT2D eigenvalue weighted by Crippen LogP contribution is 2.46. The summed E-state index contributed by atoms with van der Waals surface area (Å²) in [7, 11) is 0. The Bertz CT molecular complexity index is 737. The molecule has 4 rings (SSSR count). The fourth-order valence-electron chi connectivity index (χ4n) is 3.01. The largest absolute Gasteiger partial charge is 0.351 e. The molecule has 2 aromatic rings. The minimum absolute atomic E-state index is 0.0784. The van der Waals surface area contributed by atoms with Crippen molar-refractivity contribution in [3.8, 4) is 0 Å². The van der Waals surface area contributed by atoms with Crippen molar-refractivity contribution in [3.05, 3.63) is 41.7 Å². The molecule has 0 radical (unpaired) electrons. The molecule has 2 fully saturated rings. The van der Waals surface area contributed by atoms with Crippen LogP contribution >= 0.6 is 11.8 Å². The normalized spacial score (nSPS) is 18.1. The lowest BCUT2D eigenvalue weighted by Gasteiger charge is -2.15. The van der Waals surface area contributed by atoms with Crippen LogP contribution in [0.5, 0.6) is 0 Å². The molecule has 1 amide bonds. The van der Waals surface area contributed by atoms with E-state index < -0.39 is 0 Å². The van der Waals surface area contributed by atoms with Crippen LogP contribution in [0.3, 0.4) is 0 Å². The first-order valence-corrected chi connectivity index (χ1v) is 10.1. The first kappa shape index (κ1) is 16.6. The number of carbonyl (C=O) groups excluding carboxylic acids is 1. The van der Waals surface area contributed by atoms with Gasteiger partial charge in [-0.1, -0.05) is 49.0 Å². The summed E-state index contributed by atoms with van der Waals surface area (Å²) in [4.78, 5) is 12.6. The third kappa shape index (κ3) is 3.89. The molecular weight excluding hydrogens is 332 g/mol. The molecule has 0 saturated heterocycles. The molecule has 2 aliphatic carbocycles. The van der Waals surface area contributed by atoms with E-state index in [4.69, 9.17) is 0 Å². The van der Waals surface area contributed by atoms with Crippen molar-refractivity contribution in [2.75, 3.05) is 0 Å². The van der Waals surface area contributed by atoms with E-state index in [2.05, 4.69) is 27.0 Å². The maximum absolute atomic E-state index is 12.6. The van der Waals surface area contributed by atoms with E-state index in [9.17, 15) is 4.79 Å². The fraction of sp³-hybridized carbons (Fsp3) is 0.526. The van der Waals surface area contributed by atoms with Gasteiger partial charge in [-0.25, -0.2) is 0 Å². The summed E-state index contributed by atoms with van der Waals surface area (Å²) >= 11 is 1.57. The molecule has 2 aliphatic rings. The molecule has 2 saturated carbocycles. The maximum Gasteiger partial charge on any atom is 0.233 e. The Morgan fingerprint density at radius 2 is 2.00 bits per heavy atom. The number of hydrogen-bond donors (Lipinski definition) is 1. The molecule has 1 aromatic heterocycles. The van der Waals surface area contributed by atoms with Crippen molar-refractivity contribution in [2.24, 2.45) is 0 Å². The van der Waals surface area contributed by atoms with E-state index in [0.717, 1.165) is 23.0 Å². The fourth-order valence-corrected chi connectivity index (χ4v) is 4.07. The third-order valence-corrected chi connectivity index (χ3v) is 6.09. The van der Waals surface area contributed by atoms with Crippen LogP contribution in [0.25, 0.3) is 0 Å². The molecule has 0 spiro atoms. The number of hydrogen-bond acceptors (Lipinski definition) is 4. The molecule has 1 aromatic carbocycles. The third-order valence-electron chi connectivity index (χ3n) is 4.77. The van der Waals surface area contributed by atoms with Gasteiger partial charge in [-0.05, 0) is 37.7 Å². The van der Waals surface area contributed by atoms with Gasteiger partial charge in [-0.15, -0.1) is 10.2 Å². The number of nitrogens with one attached hydrogen (secondary N) is 1. The Kier molecular flexibility index (Phi) is 4.79. The van der Waals surface area contributed by atoms with Gasteiger partial charge < -0.3 is 9.88 Å². The Morgan fingerprint density at radius 1 is 1.24 bits per heavy atom. The van der Waals surface area contributed by atoms with Crippen LogP contribution in [0.2, 0.25) is 0 Å². The quantitative estimate of drug-likeness (QED) is 0.733. The van der Waals surface area contributed by atoms with Gasteiger partial charge >= 0.3 is 0 Å². The Balaban J connectivity index is 1.42. The molecule has 1 atom stereocenters. The second-order valence-electron chi connectivity index (χ2n) is 6.93. The van der Waals surface area contributed by atoms with Gasteiger partial charge in [0.05, 0.1) is 5.25 Å². The molecule has 5 nitrogen and oxygen atoms in total. The number of aromatic nitrogens is 3. The van der Waals surface area contributed by atoms with Crippen LogP contribution in [0.1, 0.15) is 62.4 Å². The van der Waals surface area contributed by atoms with E-state index in [-0.39, 0.29) is 11.2 Å². The topological polar surface area (TPSA) is 59.8 Å². The molecule has 25 heavy (non-hydrogen) atoms. The summed E-state index contributed by atoms with van der Waals surface area (Å²) in [5.41, 5.74) is 1.12. The van der Waals surface area contributed by atoms with Crippen LogP contribution in [0.4, 0.5) is 0 Å². The highest BCUT2D eigenvalue weighted by Gasteiger charge is 2.37. The summed E-state index contributed by atoms with van der Waals surface area (Å²) in [6, 6.07) is 10.6. The average Bonchev–Trinajstić information content (AvgIpc) is 3.57. The number of benzene rings is 1. The van der Waals surface area contributed by atoms with E-state index in [1.54, 1.807) is 11.8 Å². The van der Waals surface area contributed by atoms with E-state index in [1.165, 1.54) is 25.7 Å². The average molecular weight is 356 g/mol. The number of amides is 1. The predicted molar refractivity (Wildman–Crippen MR) is 98.5 cm³/mol. The standard InChI is InChI=1S/C19H24N4OS/c1-2-16(18(24)20-12-13-6-4-3-5-7-13)25-19-22-21-17(14-8-9-14)23(19)15-10-11-15/h3-7,14-16H,2,8-12H2,1H3,(H,20,24)/t16-/m1/s1. The zero-order valence-corrected chi connectivity index (χ0v) is 15.3. The zero-order chi connectivity index (χ0) is 17.2. The van der Waals surface area contributed by atoms with Gasteiger partial charge in [-0.3, -0.25) is 4.79 Å². The van der Waals surface area contributed by atoms with Crippen molar-refractivity contribution < 1.29 is 4.79 Å². The summed E-state index contributed by atoms with van der Waals surface area (Å²) in [6.45, 7) is 2.62. The molecule has 0 unspecified atom stereocenters. The highest BCUT2D eigenvalue weighted by atomic mass is 32.2. The van der Waals surface area contributed by atoms with Gasteiger partial charge in [-0.2, -0.15) is 0 Å². The lowest BCUT2D eigenvalue weighted by atomic mass is 10.2. The summed E-state index contributed by atoms with van der Waals surface area (Å²) < 4.78 is 2.31. The zero-order valence-electron chi connectivity index (χ0n) is 14.5. The van der Waals surface area contributed by atoms with Gasteiger partial charge in [0.1, 0.15) is 5.82 Å². The molecule has 1 heterocycles. The van der Waals surface area contributed by atoms with Crippen molar-refractivity contribution in [1.29, 1.82) is 0 Å². The van der Waals surface area contributed by atoms with Gasteiger partial charge in [0.2, 0.25) is 5.91 Å². The molecule has 0 aliphatic heterocycles. The van der Waals surface area contributed by atoms with Gasteiger partial charge in [0.25, 0.3) is 0 Å². The van der Waals surface area contributed by atoms with Crippen LogP contribution in [-0.4, -0.2) is 25.9 Å². The van der Waals surface area contributed by atoms with Crippen molar-refractivity contribution in [2.45, 2.75) is 67.9 Å². The predicted octanol–water partition coefficient (Wildman–Crippen LogP) is 3.68. The van der Waals surface area contributed by atoms with Crippen LogP contribution in [-0.2, 0) is 11.3 Å². The number of rotatable bonds is 8. The maximum atomic E-state index is 12.6. The lowest BCUT2D eigenvalue weighted by Crippen LogP contribution is -2.32. The molecule has 6 heteroatoms.